The average molecular weight is 308 g/mol. The van der Waals surface area contributed by atoms with Gasteiger partial charge in [-0.25, -0.2) is 4.79 Å². The predicted molar refractivity (Wildman–Crippen MR) is 75.3 cm³/mol. The first-order valence-electron chi connectivity index (χ1n) is 5.86. The number of hydrogen-bond donors (Lipinski definition) is 1. The summed E-state index contributed by atoms with van der Waals surface area (Å²) in [5.41, 5.74) is 0.559. The van der Waals surface area contributed by atoms with Gasteiger partial charge in [0.1, 0.15) is 17.9 Å². The highest BCUT2D eigenvalue weighted by molar-refractivity contribution is 6.30. The molecule has 6 nitrogen and oxygen atoms in total. The van der Waals surface area contributed by atoms with Gasteiger partial charge in [0.2, 0.25) is 0 Å². The fourth-order valence-corrected chi connectivity index (χ4v) is 1.78. The summed E-state index contributed by atoms with van der Waals surface area (Å²) < 4.78 is 5.02. The van der Waals surface area contributed by atoms with Crippen LogP contribution in [0.1, 0.15) is 15.9 Å². The van der Waals surface area contributed by atoms with Crippen LogP contribution in [0.2, 0.25) is 5.02 Å². The number of non-ortho nitro benzene ring substituents is 1. The van der Waals surface area contributed by atoms with Gasteiger partial charge in [-0.05, 0) is 35.9 Å². The molecule has 7 heteroatoms. The normalized spacial score (nSPS) is 10.1. The fraction of sp³-hybridized carbons (Fsp3) is 0.0714. The minimum Gasteiger partial charge on any atom is -0.507 e. The van der Waals surface area contributed by atoms with Crippen LogP contribution in [0.5, 0.6) is 5.75 Å². The third-order valence-electron chi connectivity index (χ3n) is 2.70. The van der Waals surface area contributed by atoms with Gasteiger partial charge in [-0.15, -0.1) is 0 Å². The Kier molecular flexibility index (Phi) is 4.39. The molecule has 0 aliphatic rings. The van der Waals surface area contributed by atoms with Crippen LogP contribution >= 0.6 is 11.6 Å². The van der Waals surface area contributed by atoms with E-state index in [1.807, 2.05) is 0 Å². The zero-order chi connectivity index (χ0) is 15.4. The molecule has 0 spiro atoms. The van der Waals surface area contributed by atoms with Crippen LogP contribution in [0.3, 0.4) is 0 Å². The number of aromatic hydroxyl groups is 1. The van der Waals surface area contributed by atoms with Crippen LogP contribution in [0, 0.1) is 10.1 Å². The number of carbonyl (C=O) groups excluding carboxylic acids is 1. The van der Waals surface area contributed by atoms with E-state index in [9.17, 15) is 20.0 Å². The van der Waals surface area contributed by atoms with Crippen LogP contribution in [0.4, 0.5) is 5.69 Å². The second-order valence-corrected chi connectivity index (χ2v) is 4.60. The Morgan fingerprint density at radius 1 is 1.24 bits per heavy atom. The maximum Gasteiger partial charge on any atom is 0.342 e. The number of hydrogen-bond acceptors (Lipinski definition) is 5. The van der Waals surface area contributed by atoms with Crippen molar-refractivity contribution in [3.63, 3.8) is 0 Å². The second kappa shape index (κ2) is 6.23. The quantitative estimate of drug-likeness (QED) is 0.531. The Bertz CT molecular complexity index is 684. The van der Waals surface area contributed by atoms with E-state index in [2.05, 4.69) is 0 Å². The van der Waals surface area contributed by atoms with Crippen molar-refractivity contribution >= 4 is 23.3 Å². The van der Waals surface area contributed by atoms with Gasteiger partial charge in [0.15, 0.2) is 0 Å². The molecule has 0 aromatic heterocycles. The molecule has 21 heavy (non-hydrogen) atoms. The van der Waals surface area contributed by atoms with E-state index in [1.165, 1.54) is 42.5 Å². The average Bonchev–Trinajstić information content (AvgIpc) is 2.45. The largest absolute Gasteiger partial charge is 0.507 e. The topological polar surface area (TPSA) is 89.7 Å². The second-order valence-electron chi connectivity index (χ2n) is 4.16. The Balaban J connectivity index is 2.02. The molecule has 0 saturated carbocycles. The molecule has 0 bridgehead atoms. The van der Waals surface area contributed by atoms with Crippen LogP contribution in [-0.4, -0.2) is 16.0 Å². The summed E-state index contributed by atoms with van der Waals surface area (Å²) in [4.78, 5) is 21.8. The zero-order valence-electron chi connectivity index (χ0n) is 10.7. The molecule has 2 aromatic carbocycles. The highest BCUT2D eigenvalue weighted by atomic mass is 35.5. The van der Waals surface area contributed by atoms with Crippen molar-refractivity contribution in [2.45, 2.75) is 6.61 Å². The number of rotatable bonds is 4. The van der Waals surface area contributed by atoms with E-state index in [-0.39, 0.29) is 23.6 Å². The SMILES string of the molecule is O=C(OCc1ccc([N+](=O)[O-])cc1)c1ccc(Cl)cc1O. The van der Waals surface area contributed by atoms with Gasteiger partial charge in [-0.2, -0.15) is 0 Å². The van der Waals surface area contributed by atoms with Gasteiger partial charge in [0, 0.05) is 17.2 Å². The molecule has 108 valence electrons. The van der Waals surface area contributed by atoms with E-state index < -0.39 is 10.9 Å². The van der Waals surface area contributed by atoms with E-state index in [0.717, 1.165) is 0 Å². The smallest absolute Gasteiger partial charge is 0.342 e. The first-order valence-corrected chi connectivity index (χ1v) is 6.24. The Hall–Kier alpha value is -2.60. The van der Waals surface area contributed by atoms with E-state index in [1.54, 1.807) is 0 Å². The Labute approximate surface area is 124 Å². The first-order chi connectivity index (χ1) is 9.97. The number of phenols is 1. The lowest BCUT2D eigenvalue weighted by atomic mass is 10.2. The molecule has 0 aliphatic heterocycles. The molecule has 0 radical (unpaired) electrons. The van der Waals surface area contributed by atoms with Crippen molar-refractivity contribution in [1.82, 2.24) is 0 Å². The summed E-state index contributed by atoms with van der Waals surface area (Å²) in [6.07, 6.45) is 0. The molecule has 0 atom stereocenters. The zero-order valence-corrected chi connectivity index (χ0v) is 11.4. The number of benzene rings is 2. The summed E-state index contributed by atoms with van der Waals surface area (Å²) in [6, 6.07) is 9.69. The number of ether oxygens (including phenoxy) is 1. The summed E-state index contributed by atoms with van der Waals surface area (Å²) in [5, 5.41) is 20.4. The van der Waals surface area contributed by atoms with Crippen molar-refractivity contribution in [1.29, 1.82) is 0 Å². The third-order valence-corrected chi connectivity index (χ3v) is 2.93. The fourth-order valence-electron chi connectivity index (χ4n) is 1.62. The Morgan fingerprint density at radius 2 is 1.90 bits per heavy atom. The van der Waals surface area contributed by atoms with E-state index in [4.69, 9.17) is 16.3 Å². The van der Waals surface area contributed by atoms with Gasteiger partial charge in [-0.1, -0.05) is 11.6 Å². The van der Waals surface area contributed by atoms with Crippen molar-refractivity contribution in [2.75, 3.05) is 0 Å². The molecule has 1 N–H and O–H groups in total. The van der Waals surface area contributed by atoms with Crippen LogP contribution in [-0.2, 0) is 11.3 Å². The summed E-state index contributed by atoms with van der Waals surface area (Å²) in [6.45, 7) is -0.0567. The van der Waals surface area contributed by atoms with E-state index >= 15 is 0 Å². The maximum atomic E-state index is 11.8. The number of esters is 1. The van der Waals surface area contributed by atoms with Crippen molar-refractivity contribution in [3.8, 4) is 5.75 Å². The summed E-state index contributed by atoms with van der Waals surface area (Å²) >= 11 is 5.67. The number of phenolic OH excluding ortho intramolecular Hbond substituents is 1. The minimum absolute atomic E-state index is 0.00121. The highest BCUT2D eigenvalue weighted by Crippen LogP contribution is 2.23. The van der Waals surface area contributed by atoms with Crippen molar-refractivity contribution in [2.24, 2.45) is 0 Å². The first kappa shape index (κ1) is 14.8. The van der Waals surface area contributed by atoms with Crippen molar-refractivity contribution < 1.29 is 19.6 Å². The van der Waals surface area contributed by atoms with Gasteiger partial charge in [0.25, 0.3) is 5.69 Å². The lowest BCUT2D eigenvalue weighted by molar-refractivity contribution is -0.384. The minimum atomic E-state index is -0.706. The standard InChI is InChI=1S/C14H10ClNO5/c15-10-3-6-12(13(17)7-10)14(18)21-8-9-1-4-11(5-2-9)16(19)20/h1-7,17H,8H2. The van der Waals surface area contributed by atoms with Crippen LogP contribution in [0.15, 0.2) is 42.5 Å². The monoisotopic (exact) mass is 307 g/mol. The molecule has 2 aromatic rings. The number of nitro benzene ring substituents is 1. The predicted octanol–water partition coefficient (Wildman–Crippen LogP) is 3.31. The molecule has 0 fully saturated rings. The molecule has 0 aliphatic carbocycles. The lowest BCUT2D eigenvalue weighted by Gasteiger charge is -2.06. The summed E-state index contributed by atoms with van der Waals surface area (Å²) in [7, 11) is 0. The third kappa shape index (κ3) is 3.70. The van der Waals surface area contributed by atoms with Crippen LogP contribution in [0.25, 0.3) is 0 Å². The number of carbonyl (C=O) groups is 1. The molecule has 0 unspecified atom stereocenters. The molecule has 0 saturated heterocycles. The summed E-state index contributed by atoms with van der Waals surface area (Å²) in [5.74, 6) is -0.973. The number of halogens is 1. The number of nitro groups is 1. The Morgan fingerprint density at radius 3 is 2.48 bits per heavy atom. The molecule has 0 heterocycles. The van der Waals surface area contributed by atoms with E-state index in [0.29, 0.717) is 10.6 Å². The van der Waals surface area contributed by atoms with Gasteiger partial charge >= 0.3 is 5.97 Å². The van der Waals surface area contributed by atoms with Crippen LogP contribution < -0.4 is 0 Å². The molecule has 0 amide bonds. The lowest BCUT2D eigenvalue weighted by Crippen LogP contribution is -2.05. The maximum absolute atomic E-state index is 11.8. The van der Waals surface area contributed by atoms with Gasteiger partial charge < -0.3 is 9.84 Å². The molecular formula is C14H10ClNO5. The highest BCUT2D eigenvalue weighted by Gasteiger charge is 2.13. The number of nitrogens with zero attached hydrogens (tertiary/aromatic N) is 1. The molecule has 2 rings (SSSR count). The van der Waals surface area contributed by atoms with Gasteiger partial charge in [0.05, 0.1) is 4.92 Å². The van der Waals surface area contributed by atoms with Crippen molar-refractivity contribution in [3.05, 3.63) is 68.7 Å². The van der Waals surface area contributed by atoms with Gasteiger partial charge in [-0.3, -0.25) is 10.1 Å². The molecular weight excluding hydrogens is 298 g/mol.